The van der Waals surface area contributed by atoms with Crippen LogP contribution in [0.1, 0.15) is 109 Å². The highest BCUT2D eigenvalue weighted by Crippen LogP contribution is 2.64. The molecule has 9 heteroatoms. The van der Waals surface area contributed by atoms with Crippen LogP contribution in [-0.4, -0.2) is 48.9 Å². The largest absolute Gasteiger partial charge is 0.546 e. The molecule has 0 N–H and O–H groups in total. The average molecular weight is 705 g/mol. The van der Waals surface area contributed by atoms with Gasteiger partial charge >= 0.3 is 6.16 Å². The van der Waals surface area contributed by atoms with Crippen LogP contribution in [0.2, 0.25) is 54.4 Å². The number of fused-ring (bicyclic) bond motifs is 3. The van der Waals surface area contributed by atoms with Crippen LogP contribution in [0.25, 0.3) is 0 Å². The smallest absolute Gasteiger partial charge is 0.509 e. The van der Waals surface area contributed by atoms with Gasteiger partial charge in [0.1, 0.15) is 0 Å². The highest BCUT2D eigenvalue weighted by atomic mass is 28.4. The van der Waals surface area contributed by atoms with E-state index < -0.39 is 53.6 Å². The predicted octanol–water partition coefficient (Wildman–Crippen LogP) is 11.6. The Balaban J connectivity index is 2.08. The van der Waals surface area contributed by atoms with Crippen LogP contribution in [0.15, 0.2) is 34.8 Å². The second-order valence-corrected chi connectivity index (χ2v) is 29.9. The number of carbonyl (C=O) groups is 1. The van der Waals surface area contributed by atoms with Crippen LogP contribution in [0, 0.1) is 16.7 Å². The SMILES string of the molecule is CC[Si](CC)(CC)OC1=CC[C@H](O[Si](CC)(CC)CC)[C@@]2(C)C/C(O[Si](CC)(CC)CC)=C3\C(C)=CC[C@]4(OC(=O)O[C@H]4[C@H]12)C3(C)C. The Hall–Kier alpha value is -1.30. The minimum absolute atomic E-state index is 0.0463. The zero-order chi connectivity index (χ0) is 35.1. The van der Waals surface area contributed by atoms with Crippen LogP contribution >= 0.6 is 0 Å². The third-order valence-electron chi connectivity index (χ3n) is 14.0. The summed E-state index contributed by atoms with van der Waals surface area (Å²) in [7, 11) is -6.18. The Morgan fingerprint density at radius 1 is 0.766 bits per heavy atom. The zero-order valence-corrected chi connectivity index (χ0v) is 35.3. The first-order valence-corrected chi connectivity index (χ1v) is 26.8. The van der Waals surface area contributed by atoms with Crippen molar-refractivity contribution in [3.8, 4) is 0 Å². The van der Waals surface area contributed by atoms with Gasteiger partial charge in [0.05, 0.1) is 23.5 Å². The Morgan fingerprint density at radius 3 is 1.79 bits per heavy atom. The number of hydrogen-bond acceptors (Lipinski definition) is 6. The lowest BCUT2D eigenvalue weighted by Crippen LogP contribution is -2.64. The standard InChI is InChI=1S/C38H68O6Si3/c1-14-45(15-2,16-3)42-29-23-24-31(44-47(20-7,21-8)22-9)37(13)27-30(43-46(17-4,18-5)19-6)32-28(10)25-26-38(36(32,11)12)34(33(29)37)40-35(39)41-38/h23,25,31,33-34H,14-22,24,26-27H2,1-13H3/b32-30-/t31-,33-,34-,37+,38+/m0/s1. The van der Waals surface area contributed by atoms with Crippen molar-refractivity contribution in [2.24, 2.45) is 16.7 Å². The Morgan fingerprint density at radius 2 is 1.28 bits per heavy atom. The molecule has 0 unspecified atom stereocenters. The van der Waals surface area contributed by atoms with Crippen LogP contribution in [0.5, 0.6) is 0 Å². The first kappa shape index (κ1) is 38.5. The molecule has 0 aromatic carbocycles. The third-order valence-corrected chi connectivity index (χ3v) is 27.7. The molecule has 268 valence electrons. The Kier molecular flexibility index (Phi) is 11.6. The van der Waals surface area contributed by atoms with Gasteiger partial charge in [-0.1, -0.05) is 89.2 Å². The molecular weight excluding hydrogens is 637 g/mol. The van der Waals surface area contributed by atoms with Gasteiger partial charge in [-0.05, 0) is 79.4 Å². The summed E-state index contributed by atoms with van der Waals surface area (Å²) in [5, 5.41) is 0. The predicted molar refractivity (Wildman–Crippen MR) is 201 cm³/mol. The summed E-state index contributed by atoms with van der Waals surface area (Å²) in [6, 6.07) is 9.60. The lowest BCUT2D eigenvalue weighted by atomic mass is 9.51. The van der Waals surface area contributed by atoms with Gasteiger partial charge < -0.3 is 22.8 Å². The van der Waals surface area contributed by atoms with Gasteiger partial charge in [0.15, 0.2) is 20.0 Å². The number of hydrogen-bond donors (Lipinski definition) is 0. The van der Waals surface area contributed by atoms with Crippen molar-refractivity contribution >= 4 is 31.1 Å². The second-order valence-electron chi connectivity index (χ2n) is 15.8. The minimum Gasteiger partial charge on any atom is -0.546 e. The number of ether oxygens (including phenoxy) is 2. The van der Waals surface area contributed by atoms with Crippen molar-refractivity contribution in [3.05, 3.63) is 34.8 Å². The molecule has 47 heavy (non-hydrogen) atoms. The Bertz CT molecular complexity index is 1220. The van der Waals surface area contributed by atoms with E-state index in [9.17, 15) is 4.79 Å². The van der Waals surface area contributed by atoms with Crippen LogP contribution in [0.3, 0.4) is 0 Å². The van der Waals surface area contributed by atoms with Crippen molar-refractivity contribution in [1.29, 1.82) is 0 Å². The molecule has 1 saturated heterocycles. The van der Waals surface area contributed by atoms with Gasteiger partial charge in [-0.3, -0.25) is 0 Å². The van der Waals surface area contributed by atoms with E-state index >= 15 is 0 Å². The van der Waals surface area contributed by atoms with Crippen molar-refractivity contribution in [2.45, 2.75) is 181 Å². The monoisotopic (exact) mass is 704 g/mol. The molecule has 1 spiro atoms. The molecule has 0 amide bonds. The summed E-state index contributed by atoms with van der Waals surface area (Å²) < 4.78 is 35.6. The van der Waals surface area contributed by atoms with Gasteiger partial charge in [-0.15, -0.1) is 0 Å². The lowest BCUT2D eigenvalue weighted by molar-refractivity contribution is -0.125. The molecule has 2 bridgehead atoms. The number of allylic oxidation sites excluding steroid dienone is 2. The molecule has 5 atom stereocenters. The summed E-state index contributed by atoms with van der Waals surface area (Å²) in [4.78, 5) is 13.6. The fourth-order valence-corrected chi connectivity index (χ4v) is 18.0. The summed E-state index contributed by atoms with van der Waals surface area (Å²) in [6.45, 7) is 29.9. The topological polar surface area (TPSA) is 63.2 Å². The quantitative estimate of drug-likeness (QED) is 0.125. The molecule has 3 aliphatic carbocycles. The van der Waals surface area contributed by atoms with E-state index in [-0.39, 0.29) is 12.0 Å². The molecule has 1 aliphatic heterocycles. The molecule has 0 aromatic rings. The van der Waals surface area contributed by atoms with E-state index in [0.29, 0.717) is 6.42 Å². The normalized spacial score (nSPS) is 32.2. The van der Waals surface area contributed by atoms with Crippen molar-refractivity contribution < 1.29 is 27.5 Å². The van der Waals surface area contributed by atoms with E-state index in [1.165, 1.54) is 11.1 Å². The second kappa shape index (κ2) is 14.1. The van der Waals surface area contributed by atoms with Gasteiger partial charge in [-0.25, -0.2) is 4.79 Å². The molecular formula is C38H68O6Si3. The molecule has 4 rings (SSSR count). The van der Waals surface area contributed by atoms with Crippen LogP contribution < -0.4 is 0 Å². The maximum Gasteiger partial charge on any atom is 0.509 e. The minimum atomic E-state index is -2.09. The van der Waals surface area contributed by atoms with Crippen molar-refractivity contribution in [1.82, 2.24) is 0 Å². The van der Waals surface area contributed by atoms with Crippen LogP contribution in [0.4, 0.5) is 4.79 Å². The van der Waals surface area contributed by atoms with Crippen molar-refractivity contribution in [3.63, 3.8) is 0 Å². The van der Waals surface area contributed by atoms with E-state index in [0.717, 1.165) is 78.8 Å². The fourth-order valence-electron chi connectivity index (χ4n) is 9.76. The number of carbonyl (C=O) groups excluding carboxylic acids is 1. The molecule has 0 aromatic heterocycles. The summed E-state index contributed by atoms with van der Waals surface area (Å²) in [6.07, 6.45) is 5.64. The van der Waals surface area contributed by atoms with Gasteiger partial charge in [0.2, 0.25) is 16.6 Å². The van der Waals surface area contributed by atoms with Gasteiger partial charge in [-0.2, -0.15) is 0 Å². The van der Waals surface area contributed by atoms with Gasteiger partial charge in [0, 0.05) is 29.2 Å². The highest BCUT2D eigenvalue weighted by Gasteiger charge is 2.70. The average Bonchev–Trinajstić information content (AvgIpc) is 3.40. The van der Waals surface area contributed by atoms with E-state index in [2.05, 4.69) is 102 Å². The first-order valence-electron chi connectivity index (χ1n) is 19.2. The maximum absolute atomic E-state index is 13.6. The highest BCUT2D eigenvalue weighted by molar-refractivity contribution is 6.74. The van der Waals surface area contributed by atoms with Gasteiger partial charge in [0.25, 0.3) is 0 Å². The molecule has 1 heterocycles. The van der Waals surface area contributed by atoms with Crippen molar-refractivity contribution in [2.75, 3.05) is 0 Å². The fraction of sp³-hybridized carbons (Fsp3) is 0.816. The molecule has 1 fully saturated rings. The van der Waals surface area contributed by atoms with E-state index in [4.69, 9.17) is 22.8 Å². The van der Waals surface area contributed by atoms with Crippen LogP contribution in [-0.2, 0) is 22.8 Å². The molecule has 0 radical (unpaired) electrons. The summed E-state index contributed by atoms with van der Waals surface area (Å²) in [5.74, 6) is 1.90. The maximum atomic E-state index is 13.6. The zero-order valence-electron chi connectivity index (χ0n) is 32.3. The van der Waals surface area contributed by atoms with E-state index in [1.807, 2.05) is 0 Å². The first-order chi connectivity index (χ1) is 22.1. The molecule has 6 nitrogen and oxygen atoms in total. The molecule has 4 aliphatic rings. The summed E-state index contributed by atoms with van der Waals surface area (Å²) in [5.41, 5.74) is 0.587. The molecule has 0 saturated carbocycles. The lowest BCUT2D eigenvalue weighted by Gasteiger charge is -2.58. The van der Waals surface area contributed by atoms with E-state index in [1.54, 1.807) is 0 Å². The summed E-state index contributed by atoms with van der Waals surface area (Å²) >= 11 is 0. The Labute approximate surface area is 290 Å². The number of rotatable bonds is 15. The third kappa shape index (κ3) is 6.20.